The number of nitrogens with one attached hydrogen (secondary N) is 2. The van der Waals surface area contributed by atoms with E-state index < -0.39 is 0 Å². The molecular formula is C18H18N4O2. The maximum absolute atomic E-state index is 12.3. The van der Waals surface area contributed by atoms with Crippen molar-refractivity contribution in [3.8, 4) is 6.07 Å². The van der Waals surface area contributed by atoms with Crippen LogP contribution in [0.2, 0.25) is 0 Å². The van der Waals surface area contributed by atoms with Crippen LogP contribution in [0.4, 0.5) is 5.69 Å². The van der Waals surface area contributed by atoms with E-state index in [2.05, 4.69) is 15.6 Å². The second-order valence-electron chi connectivity index (χ2n) is 5.68. The summed E-state index contributed by atoms with van der Waals surface area (Å²) in [7, 11) is 0. The molecule has 24 heavy (non-hydrogen) atoms. The summed E-state index contributed by atoms with van der Waals surface area (Å²) in [6, 6.07) is 11.5. The molecule has 2 rings (SSSR count). The van der Waals surface area contributed by atoms with E-state index in [-0.39, 0.29) is 17.5 Å². The van der Waals surface area contributed by atoms with E-state index >= 15 is 0 Å². The summed E-state index contributed by atoms with van der Waals surface area (Å²) in [5.74, 6) is -0.325. The van der Waals surface area contributed by atoms with Gasteiger partial charge < -0.3 is 10.6 Å². The third kappa shape index (κ3) is 4.65. The number of nitrogens with zero attached hydrogens (tertiary/aromatic N) is 2. The Morgan fingerprint density at radius 3 is 2.50 bits per heavy atom. The number of hydrogen-bond donors (Lipinski definition) is 2. The Labute approximate surface area is 140 Å². The van der Waals surface area contributed by atoms with E-state index in [1.165, 1.54) is 18.3 Å². The van der Waals surface area contributed by atoms with Gasteiger partial charge in [-0.3, -0.25) is 14.6 Å². The summed E-state index contributed by atoms with van der Waals surface area (Å²) >= 11 is 0. The number of pyridine rings is 1. The molecule has 1 aromatic heterocycles. The monoisotopic (exact) mass is 322 g/mol. The van der Waals surface area contributed by atoms with Crippen molar-refractivity contribution >= 4 is 17.5 Å². The van der Waals surface area contributed by atoms with Gasteiger partial charge in [-0.05, 0) is 42.3 Å². The molecule has 0 spiro atoms. The van der Waals surface area contributed by atoms with Gasteiger partial charge in [-0.2, -0.15) is 5.26 Å². The molecular weight excluding hydrogens is 304 g/mol. The molecule has 6 nitrogen and oxygen atoms in total. The molecule has 0 saturated carbocycles. The maximum Gasteiger partial charge on any atom is 0.269 e. The van der Waals surface area contributed by atoms with Crippen LogP contribution in [0.25, 0.3) is 0 Å². The lowest BCUT2D eigenvalue weighted by Gasteiger charge is -2.08. The lowest BCUT2D eigenvalue weighted by Crippen LogP contribution is -2.28. The number of anilines is 1. The van der Waals surface area contributed by atoms with Gasteiger partial charge in [-0.15, -0.1) is 0 Å². The zero-order valence-electron chi connectivity index (χ0n) is 13.5. The second-order valence-corrected chi connectivity index (χ2v) is 5.68. The van der Waals surface area contributed by atoms with E-state index in [1.54, 1.807) is 24.3 Å². The van der Waals surface area contributed by atoms with Crippen molar-refractivity contribution in [2.75, 3.05) is 11.9 Å². The number of carbonyl (C=O) groups excluding carboxylic acids is 2. The SMILES string of the molecule is CC(C)CNC(=O)c1cc(C(=O)Nc2ccc(C#N)cc2)ccn1. The molecule has 2 amide bonds. The van der Waals surface area contributed by atoms with Crippen LogP contribution in [0.15, 0.2) is 42.6 Å². The van der Waals surface area contributed by atoms with Gasteiger partial charge in [0.15, 0.2) is 0 Å². The van der Waals surface area contributed by atoms with Crippen LogP contribution >= 0.6 is 0 Å². The second kappa shape index (κ2) is 7.88. The Morgan fingerprint density at radius 1 is 1.17 bits per heavy atom. The van der Waals surface area contributed by atoms with Gasteiger partial charge >= 0.3 is 0 Å². The number of nitriles is 1. The Kier molecular flexibility index (Phi) is 5.63. The third-order valence-electron chi connectivity index (χ3n) is 3.20. The average Bonchev–Trinajstić information content (AvgIpc) is 2.60. The van der Waals surface area contributed by atoms with Gasteiger partial charge in [0.05, 0.1) is 11.6 Å². The van der Waals surface area contributed by atoms with E-state index in [0.717, 1.165) is 0 Å². The Balaban J connectivity index is 2.08. The summed E-state index contributed by atoms with van der Waals surface area (Å²) in [5.41, 5.74) is 1.62. The first-order valence-corrected chi connectivity index (χ1v) is 7.55. The molecule has 0 radical (unpaired) electrons. The van der Waals surface area contributed by atoms with Crippen LogP contribution in [0, 0.1) is 17.2 Å². The van der Waals surface area contributed by atoms with Crippen molar-refractivity contribution in [1.29, 1.82) is 5.26 Å². The molecule has 2 aromatic rings. The molecule has 0 fully saturated rings. The van der Waals surface area contributed by atoms with Gasteiger partial charge in [-0.1, -0.05) is 13.8 Å². The van der Waals surface area contributed by atoms with Crippen LogP contribution < -0.4 is 10.6 Å². The van der Waals surface area contributed by atoms with E-state index in [9.17, 15) is 9.59 Å². The molecule has 0 aliphatic carbocycles. The van der Waals surface area contributed by atoms with E-state index in [1.807, 2.05) is 19.9 Å². The lowest BCUT2D eigenvalue weighted by molar-refractivity contribution is 0.0944. The Morgan fingerprint density at radius 2 is 1.88 bits per heavy atom. The number of aromatic nitrogens is 1. The number of benzene rings is 1. The predicted molar refractivity (Wildman–Crippen MR) is 90.5 cm³/mol. The normalized spacial score (nSPS) is 10.1. The topological polar surface area (TPSA) is 94.9 Å². The standard InChI is InChI=1S/C18H18N4O2/c1-12(2)11-21-18(24)16-9-14(7-8-20-16)17(23)22-15-5-3-13(10-19)4-6-15/h3-9,12H,11H2,1-2H3,(H,21,24)(H,22,23). The van der Waals surface area contributed by atoms with Crippen molar-refractivity contribution in [3.05, 3.63) is 59.4 Å². The fourth-order valence-corrected chi connectivity index (χ4v) is 1.91. The summed E-state index contributed by atoms with van der Waals surface area (Å²) in [5, 5.41) is 14.2. The minimum absolute atomic E-state index is 0.197. The first-order chi connectivity index (χ1) is 11.5. The lowest BCUT2D eigenvalue weighted by atomic mass is 10.1. The van der Waals surface area contributed by atoms with Gasteiger partial charge in [0.1, 0.15) is 5.69 Å². The molecule has 1 aromatic carbocycles. The van der Waals surface area contributed by atoms with Crippen LogP contribution in [-0.4, -0.2) is 23.3 Å². The van der Waals surface area contributed by atoms with Gasteiger partial charge in [0.2, 0.25) is 0 Å². The number of carbonyl (C=O) groups is 2. The molecule has 2 N–H and O–H groups in total. The summed E-state index contributed by atoms with van der Waals surface area (Å²) in [4.78, 5) is 28.3. The van der Waals surface area contributed by atoms with Crippen molar-refractivity contribution in [1.82, 2.24) is 10.3 Å². The quantitative estimate of drug-likeness (QED) is 0.884. The van der Waals surface area contributed by atoms with Crippen LogP contribution in [-0.2, 0) is 0 Å². The Bertz CT molecular complexity index is 776. The summed E-state index contributed by atoms with van der Waals surface area (Å²) in [6.07, 6.45) is 1.43. The smallest absolute Gasteiger partial charge is 0.269 e. The molecule has 0 aliphatic rings. The summed E-state index contributed by atoms with van der Waals surface area (Å²) < 4.78 is 0. The van der Waals surface area contributed by atoms with E-state index in [0.29, 0.717) is 29.3 Å². The predicted octanol–water partition coefficient (Wildman–Crippen LogP) is 2.59. The van der Waals surface area contributed by atoms with Crippen LogP contribution in [0.3, 0.4) is 0 Å². The van der Waals surface area contributed by atoms with Crippen molar-refractivity contribution < 1.29 is 9.59 Å². The van der Waals surface area contributed by atoms with Crippen LogP contribution in [0.5, 0.6) is 0 Å². The first-order valence-electron chi connectivity index (χ1n) is 7.55. The highest BCUT2D eigenvalue weighted by Gasteiger charge is 2.12. The molecule has 6 heteroatoms. The maximum atomic E-state index is 12.3. The number of hydrogen-bond acceptors (Lipinski definition) is 4. The zero-order valence-corrected chi connectivity index (χ0v) is 13.5. The highest BCUT2D eigenvalue weighted by Crippen LogP contribution is 2.11. The largest absolute Gasteiger partial charge is 0.350 e. The molecule has 0 saturated heterocycles. The number of rotatable bonds is 5. The van der Waals surface area contributed by atoms with Gasteiger partial charge in [0, 0.05) is 24.0 Å². The molecule has 1 heterocycles. The fourth-order valence-electron chi connectivity index (χ4n) is 1.91. The van der Waals surface area contributed by atoms with Crippen molar-refractivity contribution in [2.24, 2.45) is 5.92 Å². The number of amides is 2. The van der Waals surface area contributed by atoms with Gasteiger partial charge in [0.25, 0.3) is 11.8 Å². The minimum atomic E-state index is -0.347. The molecule has 0 aliphatic heterocycles. The average molecular weight is 322 g/mol. The third-order valence-corrected chi connectivity index (χ3v) is 3.20. The van der Waals surface area contributed by atoms with Gasteiger partial charge in [-0.25, -0.2) is 0 Å². The Hall–Kier alpha value is -3.20. The molecule has 122 valence electrons. The highest BCUT2D eigenvalue weighted by molar-refractivity contribution is 6.05. The molecule has 0 unspecified atom stereocenters. The fraction of sp³-hybridized carbons (Fsp3) is 0.222. The minimum Gasteiger partial charge on any atom is -0.350 e. The van der Waals surface area contributed by atoms with Crippen molar-refractivity contribution in [3.63, 3.8) is 0 Å². The summed E-state index contributed by atoms with van der Waals surface area (Å²) in [6.45, 7) is 4.53. The first kappa shape index (κ1) is 17.2. The molecule has 0 atom stereocenters. The zero-order chi connectivity index (χ0) is 17.5. The van der Waals surface area contributed by atoms with E-state index in [4.69, 9.17) is 5.26 Å². The molecule has 0 bridgehead atoms. The van der Waals surface area contributed by atoms with Crippen LogP contribution in [0.1, 0.15) is 40.3 Å². The highest BCUT2D eigenvalue weighted by atomic mass is 16.2. The van der Waals surface area contributed by atoms with Crippen molar-refractivity contribution in [2.45, 2.75) is 13.8 Å².